The number of hydrogen-bond acceptors (Lipinski definition) is 3. The van der Waals surface area contributed by atoms with Crippen LogP contribution >= 0.6 is 0 Å². The SMILES string of the molecule is O=C(NC12CC3CC(CC(C3)C1)C2)c1ccc2nc(-c3ccc(NC(=O)c4ccccc4F)cc3)[nH]c2c1. The molecule has 4 saturated carbocycles. The number of halogens is 1. The molecule has 192 valence electrons. The Bertz CT molecular complexity index is 1520. The van der Waals surface area contributed by atoms with E-state index in [1.807, 2.05) is 30.3 Å². The molecule has 4 aliphatic carbocycles. The van der Waals surface area contributed by atoms with Crippen LogP contribution in [0.1, 0.15) is 59.2 Å². The Balaban J connectivity index is 1.07. The van der Waals surface area contributed by atoms with Gasteiger partial charge >= 0.3 is 0 Å². The number of aromatic nitrogens is 2. The monoisotopic (exact) mass is 508 g/mol. The highest BCUT2D eigenvalue weighted by Crippen LogP contribution is 2.55. The molecule has 0 unspecified atom stereocenters. The van der Waals surface area contributed by atoms with Gasteiger partial charge in [0.1, 0.15) is 11.6 Å². The van der Waals surface area contributed by atoms with E-state index in [2.05, 4.69) is 20.6 Å². The molecule has 3 aromatic carbocycles. The fraction of sp³-hybridized carbons (Fsp3) is 0.323. The first-order valence-electron chi connectivity index (χ1n) is 13.4. The van der Waals surface area contributed by atoms with Crippen LogP contribution in [-0.2, 0) is 0 Å². The number of nitrogens with one attached hydrogen (secondary N) is 3. The number of imidazole rings is 1. The highest BCUT2D eigenvalue weighted by Gasteiger charge is 2.51. The molecule has 0 aliphatic heterocycles. The van der Waals surface area contributed by atoms with Gasteiger partial charge in [0.2, 0.25) is 0 Å². The van der Waals surface area contributed by atoms with E-state index in [0.717, 1.165) is 53.6 Å². The van der Waals surface area contributed by atoms with Crippen LogP contribution in [0.3, 0.4) is 0 Å². The molecule has 1 aromatic heterocycles. The fourth-order valence-electron chi connectivity index (χ4n) is 7.42. The van der Waals surface area contributed by atoms with E-state index < -0.39 is 11.7 Å². The lowest BCUT2D eigenvalue weighted by atomic mass is 9.53. The van der Waals surface area contributed by atoms with Gasteiger partial charge < -0.3 is 15.6 Å². The minimum Gasteiger partial charge on any atom is -0.347 e. The number of rotatable bonds is 5. The smallest absolute Gasteiger partial charge is 0.258 e. The van der Waals surface area contributed by atoms with E-state index in [4.69, 9.17) is 0 Å². The van der Waals surface area contributed by atoms with E-state index in [9.17, 15) is 14.0 Å². The first-order valence-corrected chi connectivity index (χ1v) is 13.4. The Hall–Kier alpha value is -4.00. The third kappa shape index (κ3) is 4.16. The molecule has 4 bridgehead atoms. The van der Waals surface area contributed by atoms with Crippen LogP contribution in [0.15, 0.2) is 66.7 Å². The Morgan fingerprint density at radius 1 is 0.868 bits per heavy atom. The second-order valence-electron chi connectivity index (χ2n) is 11.5. The molecule has 6 nitrogen and oxygen atoms in total. The topological polar surface area (TPSA) is 86.9 Å². The van der Waals surface area contributed by atoms with Crippen LogP contribution < -0.4 is 10.6 Å². The summed E-state index contributed by atoms with van der Waals surface area (Å²) >= 11 is 0. The van der Waals surface area contributed by atoms with Crippen molar-refractivity contribution in [3.8, 4) is 11.4 Å². The predicted molar refractivity (Wildman–Crippen MR) is 144 cm³/mol. The Kier molecular flexibility index (Phi) is 5.35. The van der Waals surface area contributed by atoms with E-state index >= 15 is 0 Å². The second-order valence-corrected chi connectivity index (χ2v) is 11.5. The van der Waals surface area contributed by atoms with Crippen LogP contribution in [0.2, 0.25) is 0 Å². The van der Waals surface area contributed by atoms with Gasteiger partial charge in [-0.2, -0.15) is 0 Å². The van der Waals surface area contributed by atoms with Crippen molar-refractivity contribution >= 4 is 28.5 Å². The molecule has 1 heterocycles. The summed E-state index contributed by atoms with van der Waals surface area (Å²) in [6.45, 7) is 0. The molecule has 7 heteroatoms. The third-order valence-corrected chi connectivity index (χ3v) is 8.70. The van der Waals surface area contributed by atoms with Gasteiger partial charge in [0.05, 0.1) is 16.6 Å². The highest BCUT2D eigenvalue weighted by molar-refractivity contribution is 6.04. The number of hydrogen-bond donors (Lipinski definition) is 3. The molecule has 8 rings (SSSR count). The van der Waals surface area contributed by atoms with Crippen molar-refractivity contribution in [2.45, 2.75) is 44.1 Å². The normalized spacial score (nSPS) is 25.4. The van der Waals surface area contributed by atoms with Crippen LogP contribution in [-0.4, -0.2) is 27.3 Å². The molecule has 4 fully saturated rings. The van der Waals surface area contributed by atoms with Crippen LogP contribution in [0.25, 0.3) is 22.4 Å². The van der Waals surface area contributed by atoms with Gasteiger partial charge in [0, 0.05) is 22.4 Å². The Labute approximate surface area is 220 Å². The van der Waals surface area contributed by atoms with E-state index in [1.54, 1.807) is 24.3 Å². The minimum atomic E-state index is -0.560. The Morgan fingerprint density at radius 2 is 1.55 bits per heavy atom. The predicted octanol–water partition coefficient (Wildman–Crippen LogP) is 6.32. The van der Waals surface area contributed by atoms with E-state index in [-0.39, 0.29) is 17.0 Å². The van der Waals surface area contributed by atoms with E-state index in [0.29, 0.717) is 17.1 Å². The third-order valence-electron chi connectivity index (χ3n) is 8.70. The summed E-state index contributed by atoms with van der Waals surface area (Å²) in [5, 5.41) is 6.17. The molecule has 0 radical (unpaired) electrons. The molecular weight excluding hydrogens is 479 g/mol. The molecule has 3 N–H and O–H groups in total. The molecule has 0 saturated heterocycles. The van der Waals surface area contributed by atoms with Gasteiger partial charge in [-0.05, 0) is 111 Å². The van der Waals surface area contributed by atoms with Crippen molar-refractivity contribution in [3.05, 3.63) is 83.7 Å². The van der Waals surface area contributed by atoms with Gasteiger partial charge in [-0.15, -0.1) is 0 Å². The van der Waals surface area contributed by atoms with Gasteiger partial charge in [0.25, 0.3) is 11.8 Å². The zero-order chi connectivity index (χ0) is 25.9. The lowest BCUT2D eigenvalue weighted by Crippen LogP contribution is -2.59. The highest BCUT2D eigenvalue weighted by atomic mass is 19.1. The fourth-order valence-corrected chi connectivity index (χ4v) is 7.42. The lowest BCUT2D eigenvalue weighted by Gasteiger charge is -2.56. The van der Waals surface area contributed by atoms with Gasteiger partial charge in [0.15, 0.2) is 0 Å². The molecule has 4 aliphatic rings. The maximum Gasteiger partial charge on any atom is 0.258 e. The average Bonchev–Trinajstić information content (AvgIpc) is 3.32. The van der Waals surface area contributed by atoms with Gasteiger partial charge in [-0.1, -0.05) is 12.1 Å². The number of carbonyl (C=O) groups excluding carboxylic acids is 2. The molecule has 0 spiro atoms. The minimum absolute atomic E-state index is 0.0000488. The van der Waals surface area contributed by atoms with Gasteiger partial charge in [-0.3, -0.25) is 9.59 Å². The van der Waals surface area contributed by atoms with Crippen molar-refractivity contribution < 1.29 is 14.0 Å². The zero-order valence-electron chi connectivity index (χ0n) is 21.0. The molecule has 4 aromatic rings. The average molecular weight is 509 g/mol. The van der Waals surface area contributed by atoms with Crippen molar-refractivity contribution in [3.63, 3.8) is 0 Å². The summed E-state index contributed by atoms with van der Waals surface area (Å²) in [7, 11) is 0. The molecular formula is C31H29FN4O2. The number of benzene rings is 3. The molecule has 38 heavy (non-hydrogen) atoms. The molecule has 0 atom stereocenters. The summed E-state index contributed by atoms with van der Waals surface area (Å²) in [5.74, 6) is 1.94. The quantitative estimate of drug-likeness (QED) is 0.295. The van der Waals surface area contributed by atoms with Crippen molar-refractivity contribution in [1.29, 1.82) is 0 Å². The number of aromatic amines is 1. The Morgan fingerprint density at radius 3 is 2.24 bits per heavy atom. The largest absolute Gasteiger partial charge is 0.347 e. The summed E-state index contributed by atoms with van der Waals surface area (Å²) in [6, 6.07) is 18.7. The van der Waals surface area contributed by atoms with Crippen molar-refractivity contribution in [2.24, 2.45) is 17.8 Å². The number of anilines is 1. The summed E-state index contributed by atoms with van der Waals surface area (Å²) in [5.41, 5.74) is 3.60. The first kappa shape index (κ1) is 23.1. The van der Waals surface area contributed by atoms with Gasteiger partial charge in [-0.25, -0.2) is 9.37 Å². The molecule has 2 amide bonds. The van der Waals surface area contributed by atoms with Crippen LogP contribution in [0, 0.1) is 23.6 Å². The van der Waals surface area contributed by atoms with Crippen molar-refractivity contribution in [1.82, 2.24) is 15.3 Å². The maximum absolute atomic E-state index is 13.9. The number of fused-ring (bicyclic) bond motifs is 1. The lowest BCUT2D eigenvalue weighted by molar-refractivity contribution is -0.0167. The summed E-state index contributed by atoms with van der Waals surface area (Å²) < 4.78 is 13.9. The standard InChI is InChI=1S/C31H29FN4O2/c32-25-4-2-1-3-24(25)30(38)33-23-8-5-21(6-9-23)28-34-26-10-7-22(14-27(26)35-28)29(37)36-31-15-18-11-19(16-31)13-20(12-18)17-31/h1-10,14,18-20H,11-13,15-17H2,(H,33,38)(H,34,35)(H,36,37). The summed E-state index contributed by atoms with van der Waals surface area (Å²) in [4.78, 5) is 33.7. The van der Waals surface area contributed by atoms with Crippen LogP contribution in [0.5, 0.6) is 0 Å². The second kappa shape index (κ2) is 8.79. The zero-order valence-corrected chi connectivity index (χ0v) is 21.0. The number of amides is 2. The first-order chi connectivity index (χ1) is 18.4. The number of H-pyrrole nitrogens is 1. The number of nitrogens with zero attached hydrogens (tertiary/aromatic N) is 1. The summed E-state index contributed by atoms with van der Waals surface area (Å²) in [6.07, 6.45) is 7.40. The maximum atomic E-state index is 13.9. The van der Waals surface area contributed by atoms with Crippen molar-refractivity contribution in [2.75, 3.05) is 5.32 Å². The van der Waals surface area contributed by atoms with E-state index in [1.165, 1.54) is 31.4 Å². The number of carbonyl (C=O) groups is 2. The van der Waals surface area contributed by atoms with Crippen LogP contribution in [0.4, 0.5) is 10.1 Å².